The smallest absolute Gasteiger partial charge is 0.322 e. The van der Waals surface area contributed by atoms with E-state index in [1.165, 1.54) is 11.8 Å². The van der Waals surface area contributed by atoms with E-state index in [-0.39, 0.29) is 12.5 Å². The molecule has 1 aromatic carbocycles. The van der Waals surface area contributed by atoms with E-state index in [0.717, 1.165) is 11.1 Å². The van der Waals surface area contributed by atoms with E-state index in [2.05, 4.69) is 21.8 Å². The largest absolute Gasteiger partial charge is 0.497 e. The minimum absolute atomic E-state index is 0.00653. The van der Waals surface area contributed by atoms with Gasteiger partial charge in [-0.05, 0) is 30.2 Å². The van der Waals surface area contributed by atoms with Gasteiger partial charge in [0, 0.05) is 30.6 Å². The number of aromatic nitrogens is 2. The van der Waals surface area contributed by atoms with Crippen LogP contribution in [0, 0.1) is 17.2 Å². The number of rotatable bonds is 7. The molecule has 4 amide bonds. The van der Waals surface area contributed by atoms with Crippen LogP contribution in [-0.2, 0) is 18.4 Å². The highest BCUT2D eigenvalue weighted by atomic mass is 16.5. The van der Waals surface area contributed by atoms with Crippen molar-refractivity contribution in [1.29, 1.82) is 5.26 Å². The average Bonchev–Trinajstić information content (AvgIpc) is 3.53. The first-order chi connectivity index (χ1) is 17.7. The van der Waals surface area contributed by atoms with Crippen LogP contribution in [0.15, 0.2) is 42.6 Å². The first-order valence-electron chi connectivity index (χ1n) is 12.1. The van der Waals surface area contributed by atoms with Crippen LogP contribution in [0.1, 0.15) is 54.9 Å². The maximum atomic E-state index is 13.1. The zero-order valence-corrected chi connectivity index (χ0v) is 22.0. The standard InChI is InChI=1S/C25H26N6O4.C2H6/c1-5-16(20-12-27-30(3)21(20)11-26)7-6-15(2)25(23(33)28-24(34)29-25)14-31-13-17-8-9-18(35-4)10-19(17)22(31)32;1-2/h5-10,12,15H,13-14H2,1-4H3,(H2,28,29,33,34);1-2H3/b7-6-,16-5+;/t15?,25-;/m0./s1. The Morgan fingerprint density at radius 3 is 2.65 bits per heavy atom. The van der Waals surface area contributed by atoms with Crippen LogP contribution >= 0.6 is 0 Å². The third-order valence-corrected chi connectivity index (χ3v) is 6.61. The number of urea groups is 1. The van der Waals surface area contributed by atoms with Crippen LogP contribution in [0.5, 0.6) is 5.75 Å². The number of hydrogen-bond donors (Lipinski definition) is 2. The van der Waals surface area contributed by atoms with Crippen LogP contribution in [0.3, 0.4) is 0 Å². The van der Waals surface area contributed by atoms with Gasteiger partial charge in [0.1, 0.15) is 23.1 Å². The molecule has 1 saturated heterocycles. The number of allylic oxidation sites excluding steroid dienone is 3. The van der Waals surface area contributed by atoms with Gasteiger partial charge in [-0.2, -0.15) is 10.4 Å². The van der Waals surface area contributed by atoms with Crippen LogP contribution in [0.4, 0.5) is 4.79 Å². The Kier molecular flexibility index (Phi) is 8.17. The second-order valence-electron chi connectivity index (χ2n) is 8.60. The predicted octanol–water partition coefficient (Wildman–Crippen LogP) is 3.16. The van der Waals surface area contributed by atoms with Crippen LogP contribution in [0.25, 0.3) is 5.57 Å². The van der Waals surface area contributed by atoms with Gasteiger partial charge in [0.25, 0.3) is 11.8 Å². The molecule has 10 nitrogen and oxygen atoms in total. The second kappa shape index (κ2) is 11.1. The van der Waals surface area contributed by atoms with Crippen LogP contribution in [0.2, 0.25) is 0 Å². The van der Waals surface area contributed by atoms with Crippen molar-refractivity contribution in [3.63, 3.8) is 0 Å². The molecule has 194 valence electrons. The van der Waals surface area contributed by atoms with Crippen molar-refractivity contribution in [1.82, 2.24) is 25.3 Å². The Hall–Kier alpha value is -4.39. The third-order valence-electron chi connectivity index (χ3n) is 6.61. The topological polar surface area (TPSA) is 129 Å². The number of ether oxygens (including phenoxy) is 1. The SMILES string of the molecule is C/C=C(\C=C/C(C)[C@]1(CN2Cc3ccc(OC)cc3C2=O)NC(=O)NC1=O)c1cnn(C)c1C#N.CC. The molecule has 2 aromatic rings. The first kappa shape index (κ1) is 27.2. The van der Waals surface area contributed by atoms with E-state index < -0.39 is 23.4 Å². The lowest BCUT2D eigenvalue weighted by molar-refractivity contribution is -0.125. The maximum absolute atomic E-state index is 13.1. The van der Waals surface area contributed by atoms with Gasteiger partial charge in [-0.15, -0.1) is 0 Å². The minimum Gasteiger partial charge on any atom is -0.497 e. The number of amides is 4. The fraction of sp³-hybridized carbons (Fsp3) is 0.370. The van der Waals surface area contributed by atoms with Crippen LogP contribution < -0.4 is 15.4 Å². The summed E-state index contributed by atoms with van der Waals surface area (Å²) in [4.78, 5) is 39.9. The number of carbonyl (C=O) groups is 3. The van der Waals surface area contributed by atoms with Crippen molar-refractivity contribution in [3.05, 3.63) is 65.0 Å². The summed E-state index contributed by atoms with van der Waals surface area (Å²) in [5, 5.41) is 18.7. The molecule has 2 aliphatic heterocycles. The van der Waals surface area contributed by atoms with Crippen molar-refractivity contribution < 1.29 is 19.1 Å². The molecular weight excluding hydrogens is 472 g/mol. The van der Waals surface area contributed by atoms with E-state index in [1.807, 2.05) is 32.9 Å². The monoisotopic (exact) mass is 504 g/mol. The van der Waals surface area contributed by atoms with E-state index >= 15 is 0 Å². The van der Waals surface area contributed by atoms with E-state index in [4.69, 9.17) is 4.74 Å². The van der Waals surface area contributed by atoms with Gasteiger partial charge in [-0.3, -0.25) is 19.6 Å². The van der Waals surface area contributed by atoms with Crippen molar-refractivity contribution >= 4 is 23.4 Å². The Labute approximate surface area is 216 Å². The minimum atomic E-state index is -1.36. The number of nitriles is 1. The molecule has 0 bridgehead atoms. The maximum Gasteiger partial charge on any atom is 0.322 e. The predicted molar refractivity (Wildman–Crippen MR) is 138 cm³/mol. The van der Waals surface area contributed by atoms with E-state index in [0.29, 0.717) is 29.1 Å². The van der Waals surface area contributed by atoms with Crippen molar-refractivity contribution in [3.8, 4) is 11.8 Å². The van der Waals surface area contributed by atoms with E-state index in [9.17, 15) is 19.6 Å². The molecule has 1 unspecified atom stereocenters. The normalized spacial score (nSPS) is 19.6. The number of methoxy groups -OCH3 is 1. The van der Waals surface area contributed by atoms with Crippen molar-refractivity contribution in [2.24, 2.45) is 13.0 Å². The molecule has 1 fully saturated rings. The molecule has 0 aliphatic carbocycles. The number of nitrogens with one attached hydrogen (secondary N) is 2. The number of carbonyl (C=O) groups excluding carboxylic acids is 3. The summed E-state index contributed by atoms with van der Waals surface area (Å²) < 4.78 is 6.73. The highest BCUT2D eigenvalue weighted by Crippen LogP contribution is 2.32. The lowest BCUT2D eigenvalue weighted by Gasteiger charge is -2.34. The van der Waals surface area contributed by atoms with Gasteiger partial charge in [0.05, 0.1) is 19.9 Å². The second-order valence-corrected chi connectivity index (χ2v) is 8.60. The van der Waals surface area contributed by atoms with Crippen molar-refractivity contribution in [2.45, 2.75) is 39.8 Å². The highest BCUT2D eigenvalue weighted by molar-refractivity contribution is 6.08. The molecule has 10 heteroatoms. The van der Waals surface area contributed by atoms with Gasteiger partial charge in [0.15, 0.2) is 0 Å². The number of benzene rings is 1. The molecule has 2 N–H and O–H groups in total. The molecule has 0 spiro atoms. The summed E-state index contributed by atoms with van der Waals surface area (Å²) in [5.41, 5.74) is 1.81. The summed E-state index contributed by atoms with van der Waals surface area (Å²) >= 11 is 0. The summed E-state index contributed by atoms with van der Waals surface area (Å²) in [6.45, 7) is 7.96. The quantitative estimate of drug-likeness (QED) is 0.440. The first-order valence-corrected chi connectivity index (χ1v) is 12.1. The van der Waals surface area contributed by atoms with Gasteiger partial charge in [-0.25, -0.2) is 4.79 Å². The summed E-state index contributed by atoms with van der Waals surface area (Å²) in [5.74, 6) is -0.645. The summed E-state index contributed by atoms with van der Waals surface area (Å²) in [7, 11) is 3.22. The van der Waals surface area contributed by atoms with Gasteiger partial charge in [0.2, 0.25) is 0 Å². The Balaban J connectivity index is 0.00000186. The lowest BCUT2D eigenvalue weighted by Crippen LogP contribution is -2.59. The molecule has 1 aromatic heterocycles. The molecular formula is C27H32N6O4. The lowest BCUT2D eigenvalue weighted by atomic mass is 9.83. The number of fused-ring (bicyclic) bond motifs is 1. The van der Waals surface area contributed by atoms with E-state index in [1.54, 1.807) is 49.4 Å². The summed E-state index contributed by atoms with van der Waals surface area (Å²) in [6, 6.07) is 6.83. The summed E-state index contributed by atoms with van der Waals surface area (Å²) in [6.07, 6.45) is 7.05. The molecule has 4 rings (SSSR count). The molecule has 2 aliphatic rings. The fourth-order valence-corrected chi connectivity index (χ4v) is 4.51. The molecule has 0 saturated carbocycles. The average molecular weight is 505 g/mol. The number of nitrogens with zero attached hydrogens (tertiary/aromatic N) is 4. The van der Waals surface area contributed by atoms with Crippen molar-refractivity contribution in [2.75, 3.05) is 13.7 Å². The van der Waals surface area contributed by atoms with Gasteiger partial charge < -0.3 is 15.0 Å². The van der Waals surface area contributed by atoms with Gasteiger partial charge in [-0.1, -0.05) is 45.1 Å². The number of hydrogen-bond acceptors (Lipinski definition) is 6. The fourth-order valence-electron chi connectivity index (χ4n) is 4.51. The molecule has 37 heavy (non-hydrogen) atoms. The molecule has 3 heterocycles. The molecule has 2 atom stereocenters. The zero-order chi connectivity index (χ0) is 27.3. The Morgan fingerprint density at radius 1 is 1.32 bits per heavy atom. The third kappa shape index (κ3) is 4.98. The van der Waals surface area contributed by atoms with Crippen LogP contribution in [-0.4, -0.2) is 51.7 Å². The van der Waals surface area contributed by atoms with Gasteiger partial charge >= 0.3 is 6.03 Å². The molecule has 0 radical (unpaired) electrons. The number of aryl methyl sites for hydroxylation is 1. The highest BCUT2D eigenvalue weighted by Gasteiger charge is 2.52. The zero-order valence-electron chi connectivity index (χ0n) is 22.0. The number of imide groups is 1. The Bertz CT molecular complexity index is 1320. The Morgan fingerprint density at radius 2 is 2.05 bits per heavy atom.